The summed E-state index contributed by atoms with van der Waals surface area (Å²) in [6.07, 6.45) is 4.19. The minimum Gasteiger partial charge on any atom is -0.378 e. The predicted octanol–water partition coefficient (Wildman–Crippen LogP) is 2.72. The summed E-state index contributed by atoms with van der Waals surface area (Å²) in [5.74, 6) is 0. The minimum absolute atomic E-state index is 0.794. The van der Waals surface area contributed by atoms with E-state index in [0.717, 1.165) is 11.0 Å². The van der Waals surface area contributed by atoms with Crippen LogP contribution in [0.25, 0.3) is 12.2 Å². The highest BCUT2D eigenvalue weighted by molar-refractivity contribution is 6.32. The maximum absolute atomic E-state index is 5.65. The van der Waals surface area contributed by atoms with Crippen molar-refractivity contribution in [1.29, 1.82) is 0 Å². The molecule has 0 aliphatic carbocycles. The Bertz CT molecular complexity index is 524. The van der Waals surface area contributed by atoms with Gasteiger partial charge in [-0.25, -0.2) is 0 Å². The Labute approximate surface area is 110 Å². The van der Waals surface area contributed by atoms with Gasteiger partial charge < -0.3 is 4.90 Å². The van der Waals surface area contributed by atoms with Gasteiger partial charge in [0.05, 0.1) is 0 Å². The molecule has 0 unspecified atom stereocenters. The molecule has 0 aliphatic heterocycles. The second kappa shape index (κ2) is 5.59. The number of nitrogens with zero attached hydrogens (tertiary/aromatic N) is 1. The van der Waals surface area contributed by atoms with Gasteiger partial charge in [-0.3, -0.25) is 0 Å². The topological polar surface area (TPSA) is 3.24 Å². The molecule has 0 saturated heterocycles. The van der Waals surface area contributed by atoms with E-state index in [0.29, 0.717) is 0 Å². The number of hydrogen-bond donors (Lipinski definition) is 0. The Morgan fingerprint density at radius 1 is 0.778 bits per heavy atom. The van der Waals surface area contributed by atoms with Crippen molar-refractivity contribution in [2.24, 2.45) is 0 Å². The van der Waals surface area contributed by atoms with Crippen molar-refractivity contribution in [3.8, 4) is 0 Å². The van der Waals surface area contributed by atoms with Crippen molar-refractivity contribution < 1.29 is 0 Å². The monoisotopic (exact) mass is 233 g/mol. The van der Waals surface area contributed by atoms with Crippen molar-refractivity contribution >= 4 is 31.1 Å². The SMILES string of the molecule is [B]c1ccc(/C=C/c2ccc(N(C)C)cc2)cc1. The van der Waals surface area contributed by atoms with E-state index >= 15 is 0 Å². The van der Waals surface area contributed by atoms with Crippen molar-refractivity contribution in [3.63, 3.8) is 0 Å². The fraction of sp³-hybridized carbons (Fsp3) is 0.125. The molecule has 0 aliphatic rings. The lowest BCUT2D eigenvalue weighted by molar-refractivity contribution is 1.13. The summed E-state index contributed by atoms with van der Waals surface area (Å²) in [4.78, 5) is 2.09. The zero-order valence-electron chi connectivity index (χ0n) is 10.8. The Morgan fingerprint density at radius 2 is 1.22 bits per heavy atom. The maximum Gasteiger partial charge on any atom is 0.113 e. The number of anilines is 1. The molecule has 0 spiro atoms. The molecule has 0 fully saturated rings. The van der Waals surface area contributed by atoms with E-state index < -0.39 is 0 Å². The zero-order valence-corrected chi connectivity index (χ0v) is 10.8. The number of benzene rings is 2. The third kappa shape index (κ3) is 3.27. The lowest BCUT2D eigenvalue weighted by Gasteiger charge is -2.11. The standard InChI is InChI=1S/C16H16BN/c1-18(2)16-11-7-14(8-12-16)4-3-13-5-9-15(17)10-6-13/h3-12H,1-2H3/b4-3+. The lowest BCUT2D eigenvalue weighted by Crippen LogP contribution is -2.07. The van der Waals surface area contributed by atoms with Crippen LogP contribution in [-0.4, -0.2) is 21.9 Å². The second-order valence-electron chi connectivity index (χ2n) is 4.49. The van der Waals surface area contributed by atoms with Gasteiger partial charge in [0, 0.05) is 19.8 Å². The van der Waals surface area contributed by atoms with Crippen LogP contribution in [0.15, 0.2) is 48.5 Å². The molecule has 0 aromatic heterocycles. The Kier molecular flexibility index (Phi) is 3.88. The molecule has 0 saturated carbocycles. The summed E-state index contributed by atoms with van der Waals surface area (Å²) in [6.45, 7) is 0. The van der Waals surface area contributed by atoms with Gasteiger partial charge in [-0.2, -0.15) is 0 Å². The Morgan fingerprint density at radius 3 is 1.67 bits per heavy atom. The molecule has 2 rings (SSSR count). The predicted molar refractivity (Wildman–Crippen MR) is 81.5 cm³/mol. The third-order valence-electron chi connectivity index (χ3n) is 2.81. The van der Waals surface area contributed by atoms with Crippen LogP contribution < -0.4 is 10.4 Å². The first-order valence-corrected chi connectivity index (χ1v) is 5.96. The first kappa shape index (κ1) is 12.5. The number of rotatable bonds is 3. The first-order chi connectivity index (χ1) is 8.65. The second-order valence-corrected chi connectivity index (χ2v) is 4.49. The zero-order chi connectivity index (χ0) is 13.0. The van der Waals surface area contributed by atoms with Crippen LogP contribution >= 0.6 is 0 Å². The summed E-state index contributed by atoms with van der Waals surface area (Å²) in [5, 5.41) is 0. The smallest absolute Gasteiger partial charge is 0.113 e. The van der Waals surface area contributed by atoms with Gasteiger partial charge in [0.15, 0.2) is 0 Å². The van der Waals surface area contributed by atoms with Crippen LogP contribution in [0.1, 0.15) is 11.1 Å². The van der Waals surface area contributed by atoms with Crippen LogP contribution in [0.3, 0.4) is 0 Å². The Hall–Kier alpha value is -1.96. The summed E-state index contributed by atoms with van der Waals surface area (Å²) in [5.41, 5.74) is 4.35. The fourth-order valence-electron chi connectivity index (χ4n) is 1.68. The van der Waals surface area contributed by atoms with Crippen LogP contribution in [0, 0.1) is 0 Å². The van der Waals surface area contributed by atoms with Gasteiger partial charge in [0.2, 0.25) is 0 Å². The summed E-state index contributed by atoms with van der Waals surface area (Å²) in [6, 6.07) is 16.3. The molecule has 2 aromatic rings. The number of hydrogen-bond acceptors (Lipinski definition) is 1. The quantitative estimate of drug-likeness (QED) is 0.582. The third-order valence-corrected chi connectivity index (χ3v) is 2.81. The van der Waals surface area contributed by atoms with Crippen LogP contribution in [0.4, 0.5) is 5.69 Å². The molecule has 2 heteroatoms. The van der Waals surface area contributed by atoms with Crippen molar-refractivity contribution in [1.82, 2.24) is 0 Å². The van der Waals surface area contributed by atoms with Crippen molar-refractivity contribution in [3.05, 3.63) is 59.7 Å². The summed E-state index contributed by atoms with van der Waals surface area (Å²) < 4.78 is 0. The van der Waals surface area contributed by atoms with E-state index in [-0.39, 0.29) is 0 Å². The lowest BCUT2D eigenvalue weighted by atomic mass is 9.95. The van der Waals surface area contributed by atoms with Crippen LogP contribution in [0.5, 0.6) is 0 Å². The van der Waals surface area contributed by atoms with E-state index in [1.54, 1.807) is 0 Å². The van der Waals surface area contributed by atoms with Crippen molar-refractivity contribution in [2.75, 3.05) is 19.0 Å². The van der Waals surface area contributed by atoms with E-state index in [9.17, 15) is 0 Å². The highest BCUT2D eigenvalue weighted by atomic mass is 15.1. The molecular weight excluding hydrogens is 217 g/mol. The molecule has 1 nitrogen and oxygen atoms in total. The van der Waals surface area contributed by atoms with E-state index in [4.69, 9.17) is 7.85 Å². The fourth-order valence-corrected chi connectivity index (χ4v) is 1.68. The van der Waals surface area contributed by atoms with Gasteiger partial charge in [-0.1, -0.05) is 54.0 Å². The maximum atomic E-state index is 5.65. The van der Waals surface area contributed by atoms with Gasteiger partial charge in [0.25, 0.3) is 0 Å². The van der Waals surface area contributed by atoms with Crippen LogP contribution in [-0.2, 0) is 0 Å². The highest BCUT2D eigenvalue weighted by Crippen LogP contribution is 2.14. The van der Waals surface area contributed by atoms with E-state index in [2.05, 4.69) is 41.3 Å². The average Bonchev–Trinajstić information content (AvgIpc) is 2.38. The normalized spacial score (nSPS) is 10.8. The van der Waals surface area contributed by atoms with Gasteiger partial charge in [-0.05, 0) is 23.3 Å². The van der Waals surface area contributed by atoms with Gasteiger partial charge in [0.1, 0.15) is 7.85 Å². The van der Waals surface area contributed by atoms with Crippen LogP contribution in [0.2, 0.25) is 0 Å². The van der Waals surface area contributed by atoms with E-state index in [1.165, 1.54) is 11.3 Å². The summed E-state index contributed by atoms with van der Waals surface area (Å²) in [7, 11) is 9.73. The molecule has 0 bridgehead atoms. The summed E-state index contributed by atoms with van der Waals surface area (Å²) >= 11 is 0. The molecule has 88 valence electrons. The molecule has 0 heterocycles. The molecule has 2 aromatic carbocycles. The average molecular weight is 233 g/mol. The van der Waals surface area contributed by atoms with Crippen molar-refractivity contribution in [2.45, 2.75) is 0 Å². The molecule has 0 N–H and O–H groups in total. The first-order valence-electron chi connectivity index (χ1n) is 5.96. The largest absolute Gasteiger partial charge is 0.378 e. The molecule has 2 radical (unpaired) electrons. The van der Waals surface area contributed by atoms with E-state index in [1.807, 2.05) is 38.4 Å². The Balaban J connectivity index is 2.11. The molecular formula is C16H16BN. The van der Waals surface area contributed by atoms with Gasteiger partial charge >= 0.3 is 0 Å². The van der Waals surface area contributed by atoms with Gasteiger partial charge in [-0.15, -0.1) is 0 Å². The highest BCUT2D eigenvalue weighted by Gasteiger charge is 1.93. The minimum atomic E-state index is 0.794. The molecule has 0 amide bonds. The molecule has 18 heavy (non-hydrogen) atoms. The molecule has 0 atom stereocenters.